The first-order valence-electron chi connectivity index (χ1n) is 7.51. The van der Waals surface area contributed by atoms with Crippen molar-refractivity contribution in [1.82, 2.24) is 15.1 Å². The van der Waals surface area contributed by atoms with Crippen molar-refractivity contribution in [3.05, 3.63) is 59.7 Å². The van der Waals surface area contributed by atoms with E-state index in [4.69, 9.17) is 0 Å². The van der Waals surface area contributed by atoms with Crippen LogP contribution in [-0.2, 0) is 0 Å². The number of rotatable bonds is 6. The monoisotopic (exact) mass is 326 g/mol. The van der Waals surface area contributed by atoms with Crippen LogP contribution in [0.1, 0.15) is 23.0 Å². The number of carbonyl (C=O) groups is 1. The Balaban J connectivity index is 1.71. The molecule has 1 amide bonds. The van der Waals surface area contributed by atoms with Gasteiger partial charge in [0.25, 0.3) is 5.91 Å². The molecule has 0 unspecified atom stereocenters. The summed E-state index contributed by atoms with van der Waals surface area (Å²) >= 11 is 1.44. The minimum atomic E-state index is -0.0183. The lowest BCUT2D eigenvalue weighted by Gasteiger charge is -2.06. The Labute approximate surface area is 139 Å². The molecule has 6 heteroatoms. The molecule has 2 N–H and O–H groups in total. The van der Waals surface area contributed by atoms with E-state index in [1.165, 1.54) is 11.3 Å². The number of nitrogens with one attached hydrogen (secondary N) is 2. The van der Waals surface area contributed by atoms with E-state index in [2.05, 4.69) is 15.7 Å². The molecule has 0 aliphatic rings. The number of aromatic nitrogens is 2. The number of benzene rings is 1. The second kappa shape index (κ2) is 7.11. The lowest BCUT2D eigenvalue weighted by atomic mass is 10.3. The summed E-state index contributed by atoms with van der Waals surface area (Å²) in [5.74, 6) is -0.0183. The highest BCUT2D eigenvalue weighted by Crippen LogP contribution is 2.26. The highest BCUT2D eigenvalue weighted by molar-refractivity contribution is 7.18. The quantitative estimate of drug-likeness (QED) is 0.724. The van der Waals surface area contributed by atoms with E-state index in [1.807, 2.05) is 60.3 Å². The van der Waals surface area contributed by atoms with Gasteiger partial charge in [-0.2, -0.15) is 5.10 Å². The maximum atomic E-state index is 11.9. The molecule has 0 saturated carbocycles. The van der Waals surface area contributed by atoms with Crippen molar-refractivity contribution in [2.45, 2.75) is 13.3 Å². The summed E-state index contributed by atoms with van der Waals surface area (Å²) in [6.07, 6.45) is 4.59. The third-order valence-electron chi connectivity index (χ3n) is 3.25. The smallest absolute Gasteiger partial charge is 0.261 e. The van der Waals surface area contributed by atoms with Crippen molar-refractivity contribution in [3.8, 4) is 5.69 Å². The van der Waals surface area contributed by atoms with Crippen molar-refractivity contribution >= 4 is 27.9 Å². The highest BCUT2D eigenvalue weighted by atomic mass is 32.1. The normalized spacial score (nSPS) is 10.5. The molecule has 0 aliphatic heterocycles. The van der Waals surface area contributed by atoms with E-state index in [0.29, 0.717) is 11.4 Å². The van der Waals surface area contributed by atoms with Crippen molar-refractivity contribution in [1.29, 1.82) is 0 Å². The molecule has 0 aliphatic carbocycles. The predicted molar refractivity (Wildman–Crippen MR) is 93.8 cm³/mol. The van der Waals surface area contributed by atoms with Crippen LogP contribution < -0.4 is 10.6 Å². The van der Waals surface area contributed by atoms with Gasteiger partial charge in [-0.3, -0.25) is 4.79 Å². The predicted octanol–water partition coefficient (Wildman–Crippen LogP) is 3.82. The molecule has 2 heterocycles. The van der Waals surface area contributed by atoms with Gasteiger partial charge in [-0.15, -0.1) is 11.3 Å². The zero-order chi connectivity index (χ0) is 16.1. The zero-order valence-electron chi connectivity index (χ0n) is 12.8. The Kier molecular flexibility index (Phi) is 4.73. The Morgan fingerprint density at radius 1 is 1.26 bits per heavy atom. The van der Waals surface area contributed by atoms with Gasteiger partial charge in [0.15, 0.2) is 0 Å². The molecule has 118 valence electrons. The maximum absolute atomic E-state index is 11.9. The van der Waals surface area contributed by atoms with E-state index in [1.54, 1.807) is 6.20 Å². The van der Waals surface area contributed by atoms with Crippen molar-refractivity contribution in [2.75, 3.05) is 11.9 Å². The van der Waals surface area contributed by atoms with Crippen LogP contribution in [0, 0.1) is 0 Å². The third-order valence-corrected chi connectivity index (χ3v) is 4.25. The molecule has 23 heavy (non-hydrogen) atoms. The number of hydrogen-bond acceptors (Lipinski definition) is 4. The van der Waals surface area contributed by atoms with Crippen molar-refractivity contribution in [2.24, 2.45) is 0 Å². The minimum Gasteiger partial charge on any atom is -0.351 e. The maximum Gasteiger partial charge on any atom is 0.261 e. The number of amides is 1. The Morgan fingerprint density at radius 3 is 2.96 bits per heavy atom. The SMILES string of the molecule is CCCNC(=O)c1ccc(Nc2cccc(-n3cccn3)c2)s1. The van der Waals surface area contributed by atoms with Crippen LogP contribution in [0.5, 0.6) is 0 Å². The average Bonchev–Trinajstić information content (AvgIpc) is 3.24. The minimum absolute atomic E-state index is 0.0183. The van der Waals surface area contributed by atoms with Gasteiger partial charge in [-0.1, -0.05) is 13.0 Å². The summed E-state index contributed by atoms with van der Waals surface area (Å²) in [5, 5.41) is 11.4. The Hall–Kier alpha value is -2.60. The first kappa shape index (κ1) is 15.3. The summed E-state index contributed by atoms with van der Waals surface area (Å²) in [6, 6.07) is 13.6. The lowest BCUT2D eigenvalue weighted by molar-refractivity contribution is 0.0957. The van der Waals surface area contributed by atoms with Crippen LogP contribution in [-0.4, -0.2) is 22.2 Å². The average molecular weight is 326 g/mol. The van der Waals surface area contributed by atoms with Gasteiger partial charge in [-0.25, -0.2) is 4.68 Å². The summed E-state index contributed by atoms with van der Waals surface area (Å²) < 4.78 is 1.81. The van der Waals surface area contributed by atoms with Gasteiger partial charge in [0.1, 0.15) is 0 Å². The van der Waals surface area contributed by atoms with Crippen LogP contribution in [0.3, 0.4) is 0 Å². The van der Waals surface area contributed by atoms with Gasteiger partial charge in [0.2, 0.25) is 0 Å². The summed E-state index contributed by atoms with van der Waals surface area (Å²) in [5.41, 5.74) is 1.94. The molecule has 0 fully saturated rings. The number of anilines is 2. The molecule has 2 aromatic heterocycles. The fourth-order valence-corrected chi connectivity index (χ4v) is 2.99. The number of thiophene rings is 1. The number of nitrogens with zero attached hydrogens (tertiary/aromatic N) is 2. The number of carbonyl (C=O) groups excluding carboxylic acids is 1. The van der Waals surface area contributed by atoms with Crippen LogP contribution in [0.4, 0.5) is 10.7 Å². The van der Waals surface area contributed by atoms with Gasteiger partial charge < -0.3 is 10.6 Å². The molecule has 0 spiro atoms. The first-order chi connectivity index (χ1) is 11.3. The zero-order valence-corrected chi connectivity index (χ0v) is 13.6. The molecule has 3 rings (SSSR count). The van der Waals surface area contributed by atoms with E-state index < -0.39 is 0 Å². The van der Waals surface area contributed by atoms with E-state index >= 15 is 0 Å². The largest absolute Gasteiger partial charge is 0.351 e. The molecule has 3 aromatic rings. The fraction of sp³-hybridized carbons (Fsp3) is 0.176. The van der Waals surface area contributed by atoms with Gasteiger partial charge >= 0.3 is 0 Å². The van der Waals surface area contributed by atoms with E-state index in [0.717, 1.165) is 22.8 Å². The van der Waals surface area contributed by atoms with Crippen molar-refractivity contribution in [3.63, 3.8) is 0 Å². The summed E-state index contributed by atoms with van der Waals surface area (Å²) in [7, 11) is 0. The standard InChI is InChI=1S/C17H18N4OS/c1-2-9-18-17(22)15-7-8-16(23-15)20-13-5-3-6-14(12-13)21-11-4-10-19-21/h3-8,10-12,20H,2,9H2,1H3,(H,18,22). The summed E-state index contributed by atoms with van der Waals surface area (Å²) in [6.45, 7) is 2.74. The van der Waals surface area contributed by atoms with Gasteiger partial charge in [0.05, 0.1) is 15.6 Å². The lowest BCUT2D eigenvalue weighted by Crippen LogP contribution is -2.22. The van der Waals surface area contributed by atoms with Gasteiger partial charge in [-0.05, 0) is 42.8 Å². The topological polar surface area (TPSA) is 59.0 Å². The summed E-state index contributed by atoms with van der Waals surface area (Å²) in [4.78, 5) is 12.7. The van der Waals surface area contributed by atoms with Crippen LogP contribution in [0.15, 0.2) is 54.9 Å². The second-order valence-electron chi connectivity index (χ2n) is 5.05. The molecule has 0 radical (unpaired) electrons. The fourth-order valence-electron chi connectivity index (χ4n) is 2.14. The molecular weight excluding hydrogens is 308 g/mol. The van der Waals surface area contributed by atoms with Crippen LogP contribution >= 0.6 is 11.3 Å². The number of hydrogen-bond donors (Lipinski definition) is 2. The van der Waals surface area contributed by atoms with Gasteiger partial charge in [0, 0.05) is 24.6 Å². The van der Waals surface area contributed by atoms with Crippen LogP contribution in [0.2, 0.25) is 0 Å². The highest BCUT2D eigenvalue weighted by Gasteiger charge is 2.08. The second-order valence-corrected chi connectivity index (χ2v) is 6.13. The molecule has 0 bridgehead atoms. The Morgan fingerprint density at radius 2 is 2.17 bits per heavy atom. The van der Waals surface area contributed by atoms with Crippen molar-refractivity contribution < 1.29 is 4.79 Å². The molecule has 1 aromatic carbocycles. The van der Waals surface area contributed by atoms with E-state index in [-0.39, 0.29) is 5.91 Å². The molecule has 0 saturated heterocycles. The molecule has 0 atom stereocenters. The van der Waals surface area contributed by atoms with E-state index in [9.17, 15) is 4.79 Å². The van der Waals surface area contributed by atoms with Crippen LogP contribution in [0.25, 0.3) is 5.69 Å². The first-order valence-corrected chi connectivity index (χ1v) is 8.33. The molecular formula is C17H18N4OS. The molecule has 5 nitrogen and oxygen atoms in total. The third kappa shape index (κ3) is 3.78. The Bertz CT molecular complexity index is 780.